The highest BCUT2D eigenvalue weighted by atomic mass is 35.5. The molecule has 3 N–H and O–H groups in total. The summed E-state index contributed by atoms with van der Waals surface area (Å²) in [5.74, 6) is -0.0452. The number of hydrogen-bond donors (Lipinski definition) is 2. The molecule has 2 aromatic rings. The molecule has 7 heteroatoms. The number of aromatic nitrogens is 2. The fraction of sp³-hybridized carbons (Fsp3) is 0.444. The Morgan fingerprint density at radius 1 is 1.32 bits per heavy atom. The number of carbonyl (C=O) groups is 1. The molecule has 0 unspecified atom stereocenters. The van der Waals surface area contributed by atoms with E-state index in [1.54, 1.807) is 4.68 Å². The topological polar surface area (TPSA) is 72.9 Å². The van der Waals surface area contributed by atoms with Gasteiger partial charge in [0.1, 0.15) is 5.69 Å². The molecule has 0 atom stereocenters. The maximum Gasteiger partial charge on any atom is 0.269 e. The summed E-state index contributed by atoms with van der Waals surface area (Å²) >= 11 is 0. The van der Waals surface area contributed by atoms with Crippen LogP contribution in [0.3, 0.4) is 0 Å². The van der Waals surface area contributed by atoms with E-state index in [1.165, 1.54) is 5.56 Å². The maximum atomic E-state index is 12.5. The average Bonchev–Trinajstić information content (AvgIpc) is 2.92. The standard InChI is InChI=1S/C18H24N4O.2ClH/c1-3-22-16(9-13(2)21-22)17(23)20-15-10-18(11-15,12-19)14-7-5-4-6-8-14;;/h4-9,15H,3,10-12,19H2,1-2H3,(H,20,23);2*1H. The van der Waals surface area contributed by atoms with E-state index < -0.39 is 0 Å². The summed E-state index contributed by atoms with van der Waals surface area (Å²) in [6.45, 7) is 5.19. The van der Waals surface area contributed by atoms with Gasteiger partial charge in [-0.2, -0.15) is 5.10 Å². The van der Waals surface area contributed by atoms with Gasteiger partial charge in [-0.05, 0) is 38.3 Å². The molecule has 1 aromatic heterocycles. The Labute approximate surface area is 161 Å². The van der Waals surface area contributed by atoms with Gasteiger partial charge in [0.25, 0.3) is 5.91 Å². The Morgan fingerprint density at radius 2 is 1.96 bits per heavy atom. The normalized spacial score (nSPS) is 21.5. The van der Waals surface area contributed by atoms with E-state index in [9.17, 15) is 4.79 Å². The molecule has 1 saturated carbocycles. The Bertz CT molecular complexity index is 696. The molecule has 0 aliphatic heterocycles. The van der Waals surface area contributed by atoms with Gasteiger partial charge in [-0.25, -0.2) is 0 Å². The highest BCUT2D eigenvalue weighted by Gasteiger charge is 2.45. The summed E-state index contributed by atoms with van der Waals surface area (Å²) in [4.78, 5) is 12.5. The van der Waals surface area contributed by atoms with Crippen molar-refractivity contribution in [3.63, 3.8) is 0 Å². The molecule has 3 rings (SSSR count). The molecule has 138 valence electrons. The van der Waals surface area contributed by atoms with Crippen LogP contribution in [0.1, 0.15) is 41.5 Å². The lowest BCUT2D eigenvalue weighted by Gasteiger charge is -2.47. The van der Waals surface area contributed by atoms with Gasteiger partial charge in [-0.1, -0.05) is 30.3 Å². The van der Waals surface area contributed by atoms with Crippen molar-refractivity contribution in [3.05, 3.63) is 53.3 Å². The number of amides is 1. The summed E-state index contributed by atoms with van der Waals surface area (Å²) < 4.78 is 1.75. The van der Waals surface area contributed by atoms with Crippen LogP contribution in [0.15, 0.2) is 36.4 Å². The third-order valence-corrected chi connectivity index (χ3v) is 4.82. The minimum Gasteiger partial charge on any atom is -0.348 e. The second-order valence-corrected chi connectivity index (χ2v) is 6.42. The predicted molar refractivity (Wildman–Crippen MR) is 105 cm³/mol. The molecule has 5 nitrogen and oxygen atoms in total. The monoisotopic (exact) mass is 384 g/mol. The van der Waals surface area contributed by atoms with Crippen molar-refractivity contribution in [1.29, 1.82) is 0 Å². The van der Waals surface area contributed by atoms with Crippen LogP contribution in [0, 0.1) is 6.92 Å². The van der Waals surface area contributed by atoms with Crippen molar-refractivity contribution in [1.82, 2.24) is 15.1 Å². The highest BCUT2D eigenvalue weighted by Crippen LogP contribution is 2.43. The van der Waals surface area contributed by atoms with Gasteiger partial charge in [0.15, 0.2) is 0 Å². The number of hydrogen-bond acceptors (Lipinski definition) is 3. The zero-order chi connectivity index (χ0) is 16.4. The Kier molecular flexibility index (Phi) is 7.47. The van der Waals surface area contributed by atoms with E-state index >= 15 is 0 Å². The first-order chi connectivity index (χ1) is 11.1. The van der Waals surface area contributed by atoms with E-state index in [0.29, 0.717) is 18.8 Å². The number of benzene rings is 1. The van der Waals surface area contributed by atoms with E-state index in [2.05, 4.69) is 22.5 Å². The quantitative estimate of drug-likeness (QED) is 0.831. The van der Waals surface area contributed by atoms with Crippen LogP contribution in [-0.2, 0) is 12.0 Å². The first-order valence-electron chi connectivity index (χ1n) is 8.19. The van der Waals surface area contributed by atoms with Gasteiger partial charge in [0.05, 0.1) is 5.69 Å². The van der Waals surface area contributed by atoms with Crippen molar-refractivity contribution in [2.24, 2.45) is 5.73 Å². The zero-order valence-corrected chi connectivity index (χ0v) is 16.2. The first kappa shape index (κ1) is 21.5. The number of rotatable bonds is 5. The van der Waals surface area contributed by atoms with E-state index in [-0.39, 0.29) is 42.2 Å². The lowest BCUT2D eigenvalue weighted by Crippen LogP contribution is -2.56. The first-order valence-corrected chi connectivity index (χ1v) is 8.19. The van der Waals surface area contributed by atoms with Gasteiger partial charge >= 0.3 is 0 Å². The third kappa shape index (κ3) is 4.17. The average molecular weight is 385 g/mol. The lowest BCUT2D eigenvalue weighted by molar-refractivity contribution is 0.0856. The second-order valence-electron chi connectivity index (χ2n) is 6.42. The SMILES string of the molecule is CCn1nc(C)cc1C(=O)NC1CC(CN)(c2ccccc2)C1.Cl.Cl. The summed E-state index contributed by atoms with van der Waals surface area (Å²) in [7, 11) is 0. The molecule has 1 aliphatic rings. The van der Waals surface area contributed by atoms with Crippen LogP contribution in [0.2, 0.25) is 0 Å². The largest absolute Gasteiger partial charge is 0.348 e. The molecular formula is C18H26Cl2N4O. The zero-order valence-electron chi connectivity index (χ0n) is 14.6. The number of nitrogens with zero attached hydrogens (tertiary/aromatic N) is 2. The smallest absolute Gasteiger partial charge is 0.269 e. The van der Waals surface area contributed by atoms with Crippen LogP contribution in [0.4, 0.5) is 0 Å². The van der Waals surface area contributed by atoms with E-state index in [4.69, 9.17) is 5.73 Å². The number of aryl methyl sites for hydroxylation is 2. The molecule has 1 aliphatic carbocycles. The molecule has 1 amide bonds. The highest BCUT2D eigenvalue weighted by molar-refractivity contribution is 5.93. The summed E-state index contributed by atoms with van der Waals surface area (Å²) in [6.07, 6.45) is 1.77. The van der Waals surface area contributed by atoms with Crippen LogP contribution in [0.5, 0.6) is 0 Å². The van der Waals surface area contributed by atoms with Crippen LogP contribution < -0.4 is 11.1 Å². The van der Waals surface area contributed by atoms with Gasteiger partial charge in [-0.3, -0.25) is 9.48 Å². The maximum absolute atomic E-state index is 12.5. The van der Waals surface area contributed by atoms with Crippen LogP contribution >= 0.6 is 24.8 Å². The number of halogens is 2. The van der Waals surface area contributed by atoms with Crippen molar-refractivity contribution in [2.75, 3.05) is 6.54 Å². The number of nitrogens with one attached hydrogen (secondary N) is 1. The van der Waals surface area contributed by atoms with Crippen LogP contribution in [0.25, 0.3) is 0 Å². The van der Waals surface area contributed by atoms with Gasteiger partial charge in [0.2, 0.25) is 0 Å². The fourth-order valence-corrected chi connectivity index (χ4v) is 3.53. The van der Waals surface area contributed by atoms with Crippen molar-refractivity contribution < 1.29 is 4.79 Å². The molecule has 0 saturated heterocycles. The molecule has 1 heterocycles. The molecule has 0 spiro atoms. The molecular weight excluding hydrogens is 359 g/mol. The van der Waals surface area contributed by atoms with Crippen molar-refractivity contribution in [3.8, 4) is 0 Å². The van der Waals surface area contributed by atoms with Crippen molar-refractivity contribution >= 4 is 30.7 Å². The number of nitrogens with two attached hydrogens (primary N) is 1. The predicted octanol–water partition coefficient (Wildman–Crippen LogP) is 2.84. The second kappa shape index (κ2) is 8.70. The lowest BCUT2D eigenvalue weighted by atomic mass is 9.61. The Balaban J connectivity index is 0.00000156. The summed E-state index contributed by atoms with van der Waals surface area (Å²) in [6, 6.07) is 12.4. The summed E-state index contributed by atoms with van der Waals surface area (Å²) in [5, 5.41) is 7.45. The fourth-order valence-electron chi connectivity index (χ4n) is 3.53. The minimum atomic E-state index is -0.0452. The van der Waals surface area contributed by atoms with E-state index in [1.807, 2.05) is 38.1 Å². The molecule has 0 bridgehead atoms. The Hall–Kier alpha value is -1.56. The molecule has 25 heavy (non-hydrogen) atoms. The third-order valence-electron chi connectivity index (χ3n) is 4.82. The van der Waals surface area contributed by atoms with Gasteiger partial charge in [0, 0.05) is 24.5 Å². The van der Waals surface area contributed by atoms with Gasteiger partial charge in [-0.15, -0.1) is 24.8 Å². The number of carbonyl (C=O) groups excluding carboxylic acids is 1. The molecule has 1 fully saturated rings. The Morgan fingerprint density at radius 3 is 2.52 bits per heavy atom. The minimum absolute atomic E-state index is 0. The van der Waals surface area contributed by atoms with Gasteiger partial charge < -0.3 is 11.1 Å². The van der Waals surface area contributed by atoms with E-state index in [0.717, 1.165) is 18.5 Å². The van der Waals surface area contributed by atoms with Crippen molar-refractivity contribution in [2.45, 2.75) is 44.7 Å². The molecule has 1 aromatic carbocycles. The summed E-state index contributed by atoms with van der Waals surface area (Å²) in [5.41, 5.74) is 8.79. The van der Waals surface area contributed by atoms with Crippen LogP contribution in [-0.4, -0.2) is 28.3 Å². The molecule has 0 radical (unpaired) electrons.